The summed E-state index contributed by atoms with van der Waals surface area (Å²) in [6.07, 6.45) is 0.858. The number of ketones is 1. The number of thiazole rings is 1. The monoisotopic (exact) mass is 418 g/mol. The Bertz CT molecular complexity index is 1300. The van der Waals surface area contributed by atoms with Gasteiger partial charge in [-0.2, -0.15) is 0 Å². The van der Waals surface area contributed by atoms with E-state index in [4.69, 9.17) is 0 Å². The van der Waals surface area contributed by atoms with Gasteiger partial charge in [0.05, 0.1) is 20.9 Å². The van der Waals surface area contributed by atoms with Gasteiger partial charge in [-0.25, -0.2) is 4.98 Å². The molecule has 0 spiro atoms. The van der Waals surface area contributed by atoms with Crippen molar-refractivity contribution in [3.63, 3.8) is 0 Å². The summed E-state index contributed by atoms with van der Waals surface area (Å²) < 4.78 is 1.49. The van der Waals surface area contributed by atoms with Crippen molar-refractivity contribution in [3.05, 3.63) is 87.5 Å². The highest BCUT2D eigenvalue weighted by Crippen LogP contribution is 2.37. The molecule has 0 aliphatic heterocycles. The zero-order valence-electron chi connectivity index (χ0n) is 15.1. The number of benzene rings is 3. The first-order valence-corrected chi connectivity index (χ1v) is 10.8. The van der Waals surface area contributed by atoms with Crippen molar-refractivity contribution in [1.82, 2.24) is 4.98 Å². The van der Waals surface area contributed by atoms with Crippen LogP contribution in [0.4, 0.5) is 5.69 Å². The molecule has 0 bridgehead atoms. The van der Waals surface area contributed by atoms with Crippen LogP contribution < -0.4 is 0 Å². The summed E-state index contributed by atoms with van der Waals surface area (Å²) in [6, 6.07) is 18.9. The molecule has 0 saturated carbocycles. The molecule has 0 saturated heterocycles. The number of hydrogen-bond acceptors (Lipinski definition) is 6. The fourth-order valence-corrected chi connectivity index (χ4v) is 5.59. The predicted molar refractivity (Wildman–Crippen MR) is 116 cm³/mol. The van der Waals surface area contributed by atoms with Crippen LogP contribution in [0.15, 0.2) is 65.0 Å². The molecule has 5 nitrogen and oxygen atoms in total. The van der Waals surface area contributed by atoms with Gasteiger partial charge < -0.3 is 0 Å². The van der Waals surface area contributed by atoms with Gasteiger partial charge >= 0.3 is 0 Å². The van der Waals surface area contributed by atoms with E-state index in [9.17, 15) is 14.9 Å². The van der Waals surface area contributed by atoms with Crippen molar-refractivity contribution in [2.75, 3.05) is 5.75 Å². The summed E-state index contributed by atoms with van der Waals surface area (Å²) >= 11 is 2.74. The van der Waals surface area contributed by atoms with Crippen molar-refractivity contribution in [2.24, 2.45) is 0 Å². The summed E-state index contributed by atoms with van der Waals surface area (Å²) in [5.41, 5.74) is 6.41. The first kappa shape index (κ1) is 18.0. The maximum absolute atomic E-state index is 12.7. The molecular weight excluding hydrogens is 404 g/mol. The van der Waals surface area contributed by atoms with Gasteiger partial charge in [-0.05, 0) is 40.8 Å². The predicted octanol–water partition coefficient (Wildman–Crippen LogP) is 5.75. The van der Waals surface area contributed by atoms with E-state index in [0.717, 1.165) is 15.5 Å². The lowest BCUT2D eigenvalue weighted by Crippen LogP contribution is -2.03. The molecule has 0 radical (unpaired) electrons. The van der Waals surface area contributed by atoms with Crippen LogP contribution in [0.25, 0.3) is 21.3 Å². The molecule has 0 amide bonds. The fourth-order valence-electron chi connectivity index (χ4n) is 3.60. The molecule has 1 aliphatic carbocycles. The van der Waals surface area contributed by atoms with Crippen molar-refractivity contribution in [2.45, 2.75) is 10.8 Å². The van der Waals surface area contributed by atoms with Crippen LogP contribution in [0.2, 0.25) is 0 Å². The van der Waals surface area contributed by atoms with E-state index in [1.807, 2.05) is 30.3 Å². The summed E-state index contributed by atoms with van der Waals surface area (Å²) in [5, 5.41) is 10.9. The van der Waals surface area contributed by atoms with Crippen LogP contribution in [0.1, 0.15) is 21.5 Å². The molecular formula is C22H14N2O3S2. The quantitative estimate of drug-likeness (QED) is 0.157. The molecule has 0 N–H and O–H groups in total. The highest BCUT2D eigenvalue weighted by atomic mass is 32.2. The Labute approximate surface area is 174 Å². The van der Waals surface area contributed by atoms with E-state index in [2.05, 4.69) is 17.1 Å². The third-order valence-corrected chi connectivity index (χ3v) is 7.17. The number of non-ortho nitro benzene ring substituents is 1. The summed E-state index contributed by atoms with van der Waals surface area (Å²) in [7, 11) is 0. The normalized spacial score (nSPS) is 12.0. The molecule has 7 heteroatoms. The van der Waals surface area contributed by atoms with Crippen LogP contribution in [0.5, 0.6) is 0 Å². The summed E-state index contributed by atoms with van der Waals surface area (Å²) in [6.45, 7) is 0. The molecule has 0 unspecified atom stereocenters. The lowest BCUT2D eigenvalue weighted by Gasteiger charge is -2.04. The average Bonchev–Trinajstić information content (AvgIpc) is 3.31. The smallest absolute Gasteiger partial charge is 0.270 e. The SMILES string of the molecule is O=C(CSc1nc2ccc([N+](=O)[O-])cc2s1)c1ccc2c(c1)Cc1ccccc1-2. The summed E-state index contributed by atoms with van der Waals surface area (Å²) in [5.74, 6) is 0.340. The van der Waals surface area contributed by atoms with Gasteiger partial charge in [0.2, 0.25) is 0 Å². The van der Waals surface area contributed by atoms with Gasteiger partial charge in [0.25, 0.3) is 5.69 Å². The average molecular weight is 418 g/mol. The number of nitro benzene ring substituents is 1. The zero-order valence-corrected chi connectivity index (χ0v) is 16.8. The standard InChI is InChI=1S/C22H14N2O3S2/c25-20(12-28-22-23-19-8-6-16(24(26)27)11-21(19)29-22)14-5-7-18-15(10-14)9-13-3-1-2-4-17(13)18/h1-8,10-11H,9,12H2. The number of fused-ring (bicyclic) bond motifs is 4. The molecule has 0 atom stereocenters. The van der Waals surface area contributed by atoms with Crippen LogP contribution in [-0.4, -0.2) is 21.4 Å². The third kappa shape index (κ3) is 3.32. The molecule has 1 aromatic heterocycles. The maximum atomic E-state index is 12.7. The second-order valence-corrected chi connectivity index (χ2v) is 9.06. The van der Waals surface area contributed by atoms with E-state index < -0.39 is 4.92 Å². The van der Waals surface area contributed by atoms with E-state index in [0.29, 0.717) is 11.1 Å². The van der Waals surface area contributed by atoms with Crippen LogP contribution >= 0.6 is 23.1 Å². The molecule has 0 fully saturated rings. The van der Waals surface area contributed by atoms with E-state index in [1.165, 1.54) is 57.5 Å². The number of carbonyl (C=O) groups excluding carboxylic acids is 1. The number of aromatic nitrogens is 1. The highest BCUT2D eigenvalue weighted by Gasteiger charge is 2.19. The second-order valence-electron chi connectivity index (χ2n) is 6.81. The van der Waals surface area contributed by atoms with Crippen molar-refractivity contribution >= 4 is 44.8 Å². The number of thioether (sulfide) groups is 1. The van der Waals surface area contributed by atoms with Gasteiger partial charge in [0.1, 0.15) is 0 Å². The van der Waals surface area contributed by atoms with E-state index in [-0.39, 0.29) is 17.2 Å². The van der Waals surface area contributed by atoms with Crippen LogP contribution in [0.3, 0.4) is 0 Å². The third-order valence-electron chi connectivity index (χ3n) is 5.01. The largest absolute Gasteiger partial charge is 0.293 e. The molecule has 142 valence electrons. The Morgan fingerprint density at radius 3 is 2.76 bits per heavy atom. The minimum absolute atomic E-state index is 0.0490. The lowest BCUT2D eigenvalue weighted by atomic mass is 10.0. The number of nitro groups is 1. The van der Waals surface area contributed by atoms with Gasteiger partial charge in [-0.3, -0.25) is 14.9 Å². The number of carbonyl (C=O) groups is 1. The molecule has 4 aromatic rings. The van der Waals surface area contributed by atoms with Crippen molar-refractivity contribution < 1.29 is 9.72 Å². The molecule has 1 aliphatic rings. The number of Topliss-reactive ketones (excluding diaryl/α,β-unsaturated/α-hetero) is 1. The van der Waals surface area contributed by atoms with Crippen molar-refractivity contribution in [3.8, 4) is 11.1 Å². The number of hydrogen-bond donors (Lipinski definition) is 0. The molecule has 3 aromatic carbocycles. The van der Waals surface area contributed by atoms with E-state index >= 15 is 0 Å². The Kier molecular flexibility index (Phi) is 4.41. The van der Waals surface area contributed by atoms with Gasteiger partial charge in [0, 0.05) is 17.7 Å². The Morgan fingerprint density at radius 2 is 1.90 bits per heavy atom. The van der Waals surface area contributed by atoms with Gasteiger partial charge in [-0.15, -0.1) is 11.3 Å². The number of rotatable bonds is 5. The highest BCUT2D eigenvalue weighted by molar-refractivity contribution is 8.01. The Balaban J connectivity index is 1.32. The minimum Gasteiger partial charge on any atom is -0.293 e. The second kappa shape index (κ2) is 7.09. The van der Waals surface area contributed by atoms with Crippen LogP contribution in [0, 0.1) is 10.1 Å². The minimum atomic E-state index is -0.415. The van der Waals surface area contributed by atoms with Gasteiger partial charge in [0.15, 0.2) is 10.1 Å². The first-order valence-electron chi connectivity index (χ1n) is 9.01. The van der Waals surface area contributed by atoms with Gasteiger partial charge in [-0.1, -0.05) is 48.2 Å². The van der Waals surface area contributed by atoms with E-state index in [1.54, 1.807) is 6.07 Å². The lowest BCUT2D eigenvalue weighted by molar-refractivity contribution is -0.384. The molecule has 5 rings (SSSR count). The molecule has 29 heavy (non-hydrogen) atoms. The zero-order chi connectivity index (χ0) is 20.0. The van der Waals surface area contributed by atoms with Crippen LogP contribution in [-0.2, 0) is 6.42 Å². The first-order chi connectivity index (χ1) is 14.1. The maximum Gasteiger partial charge on any atom is 0.270 e. The fraction of sp³-hybridized carbons (Fsp3) is 0.0909. The number of nitrogens with zero attached hydrogens (tertiary/aromatic N) is 2. The topological polar surface area (TPSA) is 73.1 Å². The Morgan fingerprint density at radius 1 is 1.07 bits per heavy atom. The summed E-state index contributed by atoms with van der Waals surface area (Å²) in [4.78, 5) is 27.7. The Hall–Kier alpha value is -3.03. The molecule has 1 heterocycles. The van der Waals surface area contributed by atoms with Crippen molar-refractivity contribution in [1.29, 1.82) is 0 Å².